The van der Waals surface area contributed by atoms with Gasteiger partial charge in [-0.15, -0.1) is 13.2 Å². The van der Waals surface area contributed by atoms with Gasteiger partial charge < -0.3 is 20.0 Å². The first-order valence-electron chi connectivity index (χ1n) is 10.4. The molecule has 1 aliphatic carbocycles. The summed E-state index contributed by atoms with van der Waals surface area (Å²) in [5.41, 5.74) is 0.695. The van der Waals surface area contributed by atoms with Gasteiger partial charge in [0.05, 0.1) is 12.6 Å². The van der Waals surface area contributed by atoms with E-state index in [0.717, 1.165) is 5.39 Å². The summed E-state index contributed by atoms with van der Waals surface area (Å²) >= 11 is 5.97. The fourth-order valence-electron chi connectivity index (χ4n) is 4.05. The largest absolute Gasteiger partial charge is 0.522 e. The van der Waals surface area contributed by atoms with E-state index >= 15 is 0 Å². The minimum absolute atomic E-state index is 0.102. The molecule has 4 rings (SSSR count). The van der Waals surface area contributed by atoms with Crippen LogP contribution in [0.3, 0.4) is 0 Å². The lowest BCUT2D eigenvalue weighted by molar-refractivity contribution is -0.351. The van der Waals surface area contributed by atoms with Gasteiger partial charge in [-0.25, -0.2) is 4.79 Å². The van der Waals surface area contributed by atoms with E-state index in [2.05, 4.69) is 15.4 Å². The van der Waals surface area contributed by atoms with Crippen LogP contribution in [0.25, 0.3) is 11.0 Å². The Hall–Kier alpha value is -2.46. The number of carbonyl (C=O) groups is 2. The van der Waals surface area contributed by atoms with Gasteiger partial charge in [-0.05, 0) is 49.9 Å². The summed E-state index contributed by atoms with van der Waals surface area (Å²) in [5.74, 6) is 0.307. The third-order valence-electron chi connectivity index (χ3n) is 5.84. The van der Waals surface area contributed by atoms with Gasteiger partial charge in [0.25, 0.3) is 0 Å². The van der Waals surface area contributed by atoms with E-state index in [1.807, 2.05) is 6.07 Å². The zero-order valence-corrected chi connectivity index (χ0v) is 17.8. The van der Waals surface area contributed by atoms with E-state index in [4.69, 9.17) is 16.0 Å². The maximum atomic E-state index is 12.5. The van der Waals surface area contributed by atoms with Crippen molar-refractivity contribution in [3.8, 4) is 0 Å². The van der Waals surface area contributed by atoms with Gasteiger partial charge in [0.1, 0.15) is 11.3 Å². The average Bonchev–Trinajstić information content (AvgIpc) is 3.11. The number of fused-ring (bicyclic) bond motifs is 1. The fraction of sp³-hybridized carbons (Fsp3) is 0.524. The number of furan rings is 1. The maximum absolute atomic E-state index is 12.5. The van der Waals surface area contributed by atoms with Crippen molar-refractivity contribution in [1.82, 2.24) is 15.5 Å². The van der Waals surface area contributed by atoms with Gasteiger partial charge in [-0.3, -0.25) is 9.53 Å². The summed E-state index contributed by atoms with van der Waals surface area (Å²) in [7, 11) is 0. The van der Waals surface area contributed by atoms with Gasteiger partial charge in [0, 0.05) is 35.5 Å². The van der Waals surface area contributed by atoms with Crippen LogP contribution in [-0.2, 0) is 16.1 Å². The summed E-state index contributed by atoms with van der Waals surface area (Å²) in [6, 6.07) is 6.49. The van der Waals surface area contributed by atoms with Crippen molar-refractivity contribution in [2.75, 3.05) is 13.1 Å². The molecule has 32 heavy (non-hydrogen) atoms. The zero-order chi connectivity index (χ0) is 22.9. The number of benzene rings is 1. The van der Waals surface area contributed by atoms with Crippen molar-refractivity contribution in [2.24, 2.45) is 5.92 Å². The number of halogens is 4. The predicted octanol–water partition coefficient (Wildman–Crippen LogP) is 4.19. The number of urea groups is 1. The number of amides is 3. The molecule has 3 amide bonds. The smallest absolute Gasteiger partial charge is 0.459 e. The third kappa shape index (κ3) is 5.66. The van der Waals surface area contributed by atoms with E-state index in [9.17, 15) is 22.8 Å². The Morgan fingerprint density at radius 3 is 2.59 bits per heavy atom. The number of piperidine rings is 1. The fourth-order valence-corrected chi connectivity index (χ4v) is 4.23. The van der Waals surface area contributed by atoms with Crippen LogP contribution in [0.5, 0.6) is 0 Å². The van der Waals surface area contributed by atoms with E-state index in [1.54, 1.807) is 23.1 Å². The Kier molecular flexibility index (Phi) is 6.52. The van der Waals surface area contributed by atoms with Gasteiger partial charge in [-0.1, -0.05) is 11.6 Å². The van der Waals surface area contributed by atoms with Crippen LogP contribution < -0.4 is 10.6 Å². The summed E-state index contributed by atoms with van der Waals surface area (Å²) in [6.45, 7) is 1.07. The molecule has 0 atom stereocenters. The normalized spacial score (nSPS) is 21.9. The first kappa shape index (κ1) is 22.7. The molecule has 0 unspecified atom stereocenters. The quantitative estimate of drug-likeness (QED) is 0.682. The van der Waals surface area contributed by atoms with Crippen LogP contribution in [-0.4, -0.2) is 48.4 Å². The highest BCUT2D eigenvalue weighted by atomic mass is 35.5. The van der Waals surface area contributed by atoms with Crippen LogP contribution in [0.4, 0.5) is 18.0 Å². The molecule has 1 aromatic carbocycles. The number of nitrogens with zero attached hydrogens (tertiary/aromatic N) is 1. The molecule has 0 spiro atoms. The van der Waals surface area contributed by atoms with Crippen LogP contribution in [0.1, 0.15) is 31.4 Å². The summed E-state index contributed by atoms with van der Waals surface area (Å²) in [4.78, 5) is 26.4. The number of nitrogens with one attached hydrogen (secondary N) is 2. The third-order valence-corrected chi connectivity index (χ3v) is 6.08. The van der Waals surface area contributed by atoms with E-state index in [-0.39, 0.29) is 43.3 Å². The molecule has 1 saturated carbocycles. The van der Waals surface area contributed by atoms with Crippen LogP contribution in [0.15, 0.2) is 28.7 Å². The van der Waals surface area contributed by atoms with Gasteiger partial charge in [0.2, 0.25) is 5.91 Å². The second kappa shape index (κ2) is 9.19. The minimum Gasteiger partial charge on any atom is -0.459 e. The number of rotatable bonds is 5. The monoisotopic (exact) mass is 473 g/mol. The molecule has 2 aliphatic rings. The Balaban J connectivity index is 1.17. The number of ether oxygens (including phenoxy) is 1. The Morgan fingerprint density at radius 1 is 1.19 bits per heavy atom. The number of alkyl halides is 3. The van der Waals surface area contributed by atoms with Crippen LogP contribution in [0.2, 0.25) is 5.02 Å². The highest BCUT2D eigenvalue weighted by Gasteiger charge is 2.41. The van der Waals surface area contributed by atoms with Gasteiger partial charge in [0.15, 0.2) is 0 Å². The SMILES string of the molecule is O=C(NCc1cc2cc(Cl)ccc2o1)C1CCN(C(=O)NC2CC(OC(F)(F)F)C2)CC1. The van der Waals surface area contributed by atoms with E-state index < -0.39 is 12.5 Å². The molecule has 1 saturated heterocycles. The van der Waals surface area contributed by atoms with Crippen molar-refractivity contribution >= 4 is 34.5 Å². The number of hydrogen-bond donors (Lipinski definition) is 2. The van der Waals surface area contributed by atoms with Crippen molar-refractivity contribution in [3.05, 3.63) is 35.0 Å². The summed E-state index contributed by atoms with van der Waals surface area (Å²) in [5, 5.41) is 7.07. The average molecular weight is 474 g/mol. The van der Waals surface area contributed by atoms with Crippen molar-refractivity contribution < 1.29 is 31.9 Å². The predicted molar refractivity (Wildman–Crippen MR) is 110 cm³/mol. The van der Waals surface area contributed by atoms with Crippen molar-refractivity contribution in [1.29, 1.82) is 0 Å². The van der Waals surface area contributed by atoms with Gasteiger partial charge in [-0.2, -0.15) is 0 Å². The van der Waals surface area contributed by atoms with Crippen LogP contribution in [0, 0.1) is 5.92 Å². The Bertz CT molecular complexity index is 982. The topological polar surface area (TPSA) is 83.8 Å². The highest BCUT2D eigenvalue weighted by Crippen LogP contribution is 2.30. The van der Waals surface area contributed by atoms with Crippen molar-refractivity contribution in [2.45, 2.75) is 50.7 Å². The molecular formula is C21H23ClF3N3O4. The molecule has 2 fully saturated rings. The van der Waals surface area contributed by atoms with Crippen molar-refractivity contribution in [3.63, 3.8) is 0 Å². The first-order valence-corrected chi connectivity index (χ1v) is 10.8. The number of carbonyl (C=O) groups excluding carboxylic acids is 2. The maximum Gasteiger partial charge on any atom is 0.522 e. The summed E-state index contributed by atoms with van der Waals surface area (Å²) in [6.07, 6.45) is -4.26. The second-order valence-corrected chi connectivity index (χ2v) is 8.61. The molecule has 0 radical (unpaired) electrons. The molecule has 2 heterocycles. The molecular weight excluding hydrogens is 451 g/mol. The number of likely N-dealkylation sites (tertiary alicyclic amines) is 1. The second-order valence-electron chi connectivity index (χ2n) is 8.18. The molecule has 7 nitrogen and oxygen atoms in total. The first-order chi connectivity index (χ1) is 15.2. The molecule has 1 aliphatic heterocycles. The summed E-state index contributed by atoms with van der Waals surface area (Å²) < 4.78 is 46.1. The van der Waals surface area contributed by atoms with E-state index in [1.165, 1.54) is 0 Å². The van der Waals surface area contributed by atoms with Crippen LogP contribution >= 0.6 is 11.6 Å². The number of hydrogen-bond acceptors (Lipinski definition) is 4. The molecule has 11 heteroatoms. The molecule has 1 aromatic heterocycles. The van der Waals surface area contributed by atoms with Gasteiger partial charge >= 0.3 is 12.4 Å². The molecule has 2 N–H and O–H groups in total. The lowest BCUT2D eigenvalue weighted by Crippen LogP contribution is -2.54. The Labute approximate surface area is 187 Å². The lowest BCUT2D eigenvalue weighted by Gasteiger charge is -2.38. The molecule has 174 valence electrons. The Morgan fingerprint density at radius 2 is 1.91 bits per heavy atom. The standard InChI is InChI=1S/C21H23ClF3N3O4/c22-14-1-2-18-13(7-14)8-17(31-18)11-26-19(29)12-3-5-28(6-4-12)20(30)27-15-9-16(10-15)32-21(23,24)25/h1-2,7-8,12,15-16H,3-6,9-11H2,(H,26,29)(H,27,30). The minimum atomic E-state index is -4.65. The highest BCUT2D eigenvalue weighted by molar-refractivity contribution is 6.31. The van der Waals surface area contributed by atoms with E-state index in [0.29, 0.717) is 42.3 Å². The molecule has 2 aromatic rings. The lowest BCUT2D eigenvalue weighted by atomic mass is 9.89. The molecule has 0 bridgehead atoms. The zero-order valence-electron chi connectivity index (χ0n) is 17.1.